The van der Waals surface area contributed by atoms with Crippen molar-refractivity contribution in [2.75, 3.05) is 13.6 Å². The first-order valence-electron chi connectivity index (χ1n) is 3.46. The van der Waals surface area contributed by atoms with Crippen LogP contribution >= 0.6 is 0 Å². The molecule has 0 aromatic rings. The molecule has 0 aromatic carbocycles. The van der Waals surface area contributed by atoms with Crippen LogP contribution in [0.25, 0.3) is 0 Å². The second kappa shape index (κ2) is 2.11. The minimum Gasteiger partial charge on any atom is -0.341 e. The monoisotopic (exact) mass is 139 g/mol. The second-order valence-corrected chi connectivity index (χ2v) is 3.52. The number of rotatable bonds is 0. The van der Waals surface area contributed by atoms with Gasteiger partial charge in [0.2, 0.25) is 5.91 Å². The molecule has 0 saturated carbocycles. The van der Waals surface area contributed by atoms with Gasteiger partial charge in [-0.25, -0.2) is 0 Å². The molecule has 0 aromatic heterocycles. The van der Waals surface area contributed by atoms with Gasteiger partial charge in [-0.3, -0.25) is 4.79 Å². The number of nitrogens with zero attached hydrogens (tertiary/aromatic N) is 1. The third-order valence-electron chi connectivity index (χ3n) is 1.70. The minimum absolute atomic E-state index is 0.110. The molecule has 1 aliphatic heterocycles. The van der Waals surface area contributed by atoms with Crippen LogP contribution < -0.4 is 0 Å². The minimum atomic E-state index is 0.110. The summed E-state index contributed by atoms with van der Waals surface area (Å²) in [7, 11) is 1.83. The molecule has 0 N–H and O–H groups in total. The van der Waals surface area contributed by atoms with Crippen molar-refractivity contribution < 1.29 is 4.79 Å². The van der Waals surface area contributed by atoms with Crippen molar-refractivity contribution in [1.29, 1.82) is 0 Å². The second-order valence-electron chi connectivity index (χ2n) is 3.52. The summed E-state index contributed by atoms with van der Waals surface area (Å²) >= 11 is 0. The highest BCUT2D eigenvalue weighted by Gasteiger charge is 2.23. The van der Waals surface area contributed by atoms with Crippen molar-refractivity contribution in [2.45, 2.75) is 13.8 Å². The van der Waals surface area contributed by atoms with Crippen molar-refractivity contribution in [3.63, 3.8) is 0 Å². The molecule has 2 heteroatoms. The fourth-order valence-corrected chi connectivity index (χ4v) is 1.17. The summed E-state index contributed by atoms with van der Waals surface area (Å²) in [5.41, 5.74) is 0.155. The lowest BCUT2D eigenvalue weighted by atomic mass is 9.90. The van der Waals surface area contributed by atoms with E-state index in [0.29, 0.717) is 0 Å². The highest BCUT2D eigenvalue weighted by atomic mass is 16.2. The predicted molar refractivity (Wildman–Crippen MR) is 40.6 cm³/mol. The number of amides is 1. The molecule has 1 rings (SSSR count). The normalized spacial score (nSPS) is 23.5. The third-order valence-corrected chi connectivity index (χ3v) is 1.70. The van der Waals surface area contributed by atoms with E-state index in [9.17, 15) is 4.79 Å². The summed E-state index contributed by atoms with van der Waals surface area (Å²) < 4.78 is 0. The van der Waals surface area contributed by atoms with Crippen molar-refractivity contribution in [3.8, 4) is 0 Å². The van der Waals surface area contributed by atoms with Gasteiger partial charge in [-0.1, -0.05) is 19.9 Å². The Balaban J connectivity index is 2.78. The maximum Gasteiger partial charge on any atom is 0.246 e. The Morgan fingerprint density at radius 1 is 1.60 bits per heavy atom. The van der Waals surface area contributed by atoms with Crippen LogP contribution in [0.15, 0.2) is 12.2 Å². The summed E-state index contributed by atoms with van der Waals surface area (Å²) in [5, 5.41) is 0. The molecule has 0 spiro atoms. The van der Waals surface area contributed by atoms with E-state index >= 15 is 0 Å². The Hall–Kier alpha value is -0.790. The topological polar surface area (TPSA) is 20.3 Å². The Labute approximate surface area is 61.5 Å². The number of hydrogen-bond acceptors (Lipinski definition) is 1. The fourth-order valence-electron chi connectivity index (χ4n) is 1.17. The van der Waals surface area contributed by atoms with Gasteiger partial charge in [0, 0.05) is 19.0 Å². The first-order valence-corrected chi connectivity index (χ1v) is 3.46. The standard InChI is InChI=1S/C8H13NO/c1-8(2)5-4-7(10)9(3)6-8/h4-5H,6H2,1-3H3. The summed E-state index contributed by atoms with van der Waals surface area (Å²) in [6.07, 6.45) is 3.61. The molecule has 0 saturated heterocycles. The molecule has 1 heterocycles. The van der Waals surface area contributed by atoms with E-state index in [1.165, 1.54) is 0 Å². The highest BCUT2D eigenvalue weighted by Crippen LogP contribution is 2.21. The van der Waals surface area contributed by atoms with E-state index in [2.05, 4.69) is 13.8 Å². The third kappa shape index (κ3) is 1.38. The molecule has 10 heavy (non-hydrogen) atoms. The molecule has 0 bridgehead atoms. The Morgan fingerprint density at radius 2 is 2.20 bits per heavy atom. The number of likely N-dealkylation sites (N-methyl/N-ethyl adjacent to an activating group) is 1. The molecule has 1 amide bonds. The molecule has 2 nitrogen and oxygen atoms in total. The average molecular weight is 139 g/mol. The lowest BCUT2D eigenvalue weighted by molar-refractivity contribution is -0.126. The molecule has 0 aliphatic carbocycles. The maximum atomic E-state index is 10.9. The molecule has 0 unspecified atom stereocenters. The van der Waals surface area contributed by atoms with Gasteiger partial charge >= 0.3 is 0 Å². The summed E-state index contributed by atoms with van der Waals surface area (Å²) in [6, 6.07) is 0. The van der Waals surface area contributed by atoms with Gasteiger partial charge in [0.15, 0.2) is 0 Å². The van der Waals surface area contributed by atoms with Crippen LogP contribution in [0.1, 0.15) is 13.8 Å². The molecular weight excluding hydrogens is 126 g/mol. The van der Waals surface area contributed by atoms with Crippen LogP contribution in [0.3, 0.4) is 0 Å². The van der Waals surface area contributed by atoms with E-state index in [1.807, 2.05) is 13.1 Å². The molecule has 0 fully saturated rings. The lowest BCUT2D eigenvalue weighted by Crippen LogP contribution is -2.37. The zero-order chi connectivity index (χ0) is 7.78. The maximum absolute atomic E-state index is 10.9. The average Bonchev–Trinajstić information content (AvgIpc) is 1.79. The number of carbonyl (C=O) groups is 1. The number of hydrogen-bond donors (Lipinski definition) is 0. The molecule has 0 radical (unpaired) electrons. The SMILES string of the molecule is CN1CC(C)(C)C=CC1=O. The smallest absolute Gasteiger partial charge is 0.246 e. The van der Waals surface area contributed by atoms with Gasteiger partial charge in [0.05, 0.1) is 0 Å². The predicted octanol–water partition coefficient (Wildman–Crippen LogP) is 1.04. The summed E-state index contributed by atoms with van der Waals surface area (Å²) in [5.74, 6) is 0.110. The number of carbonyl (C=O) groups excluding carboxylic acids is 1. The van der Waals surface area contributed by atoms with Crippen LogP contribution in [0.5, 0.6) is 0 Å². The van der Waals surface area contributed by atoms with Gasteiger partial charge in [-0.05, 0) is 6.08 Å². The van der Waals surface area contributed by atoms with Crippen LogP contribution in [-0.2, 0) is 4.79 Å². The molecular formula is C8H13NO. The van der Waals surface area contributed by atoms with E-state index < -0.39 is 0 Å². The van der Waals surface area contributed by atoms with Crippen LogP contribution in [-0.4, -0.2) is 24.4 Å². The van der Waals surface area contributed by atoms with Crippen molar-refractivity contribution in [1.82, 2.24) is 4.90 Å². The zero-order valence-corrected chi connectivity index (χ0v) is 6.72. The first-order chi connectivity index (χ1) is 4.51. The lowest BCUT2D eigenvalue weighted by Gasteiger charge is -2.30. The van der Waals surface area contributed by atoms with Crippen molar-refractivity contribution in [3.05, 3.63) is 12.2 Å². The zero-order valence-electron chi connectivity index (χ0n) is 6.72. The van der Waals surface area contributed by atoms with Crippen LogP contribution in [0, 0.1) is 5.41 Å². The van der Waals surface area contributed by atoms with Gasteiger partial charge in [0.1, 0.15) is 0 Å². The van der Waals surface area contributed by atoms with Crippen molar-refractivity contribution in [2.24, 2.45) is 5.41 Å². The molecule has 56 valence electrons. The summed E-state index contributed by atoms with van der Waals surface area (Å²) in [4.78, 5) is 12.7. The van der Waals surface area contributed by atoms with Gasteiger partial charge in [-0.15, -0.1) is 0 Å². The Bertz CT molecular complexity index is 182. The van der Waals surface area contributed by atoms with E-state index in [4.69, 9.17) is 0 Å². The highest BCUT2D eigenvalue weighted by molar-refractivity contribution is 5.88. The Morgan fingerprint density at radius 3 is 2.60 bits per heavy atom. The van der Waals surface area contributed by atoms with E-state index in [1.54, 1.807) is 11.0 Å². The summed E-state index contributed by atoms with van der Waals surface area (Å²) in [6.45, 7) is 5.06. The van der Waals surface area contributed by atoms with Gasteiger partial charge in [-0.2, -0.15) is 0 Å². The molecule has 1 aliphatic rings. The van der Waals surface area contributed by atoms with Gasteiger partial charge < -0.3 is 4.90 Å². The van der Waals surface area contributed by atoms with E-state index in [-0.39, 0.29) is 11.3 Å². The fraction of sp³-hybridized carbons (Fsp3) is 0.625. The largest absolute Gasteiger partial charge is 0.341 e. The van der Waals surface area contributed by atoms with Crippen LogP contribution in [0.4, 0.5) is 0 Å². The quantitative estimate of drug-likeness (QED) is 0.491. The van der Waals surface area contributed by atoms with E-state index in [0.717, 1.165) is 6.54 Å². The first kappa shape index (κ1) is 7.32. The molecule has 0 atom stereocenters. The van der Waals surface area contributed by atoms with Crippen molar-refractivity contribution >= 4 is 5.91 Å². The Kier molecular flexibility index (Phi) is 1.55. The van der Waals surface area contributed by atoms with Crippen LogP contribution in [0.2, 0.25) is 0 Å². The van der Waals surface area contributed by atoms with Gasteiger partial charge in [0.25, 0.3) is 0 Å².